The summed E-state index contributed by atoms with van der Waals surface area (Å²) < 4.78 is 6.77. The Morgan fingerprint density at radius 2 is 2.00 bits per heavy atom. The highest BCUT2D eigenvalue weighted by Gasteiger charge is 2.27. The predicted octanol–water partition coefficient (Wildman–Crippen LogP) is 2.85. The molecule has 8 nitrogen and oxygen atoms in total. The average Bonchev–Trinajstić information content (AvgIpc) is 3.12. The molecule has 28 heavy (non-hydrogen) atoms. The molecular weight excluding hydrogens is 380 g/mol. The van der Waals surface area contributed by atoms with Crippen molar-refractivity contribution in [2.75, 3.05) is 11.9 Å². The number of hydrogen-bond donors (Lipinski definition) is 2. The van der Waals surface area contributed by atoms with E-state index in [1.165, 1.54) is 0 Å². The summed E-state index contributed by atoms with van der Waals surface area (Å²) in [7, 11) is 0. The van der Waals surface area contributed by atoms with Crippen LogP contribution in [-0.2, 0) is 4.74 Å². The van der Waals surface area contributed by atoms with Crippen LogP contribution >= 0.6 is 11.3 Å². The smallest absolute Gasteiger partial charge is 0.341 e. The zero-order chi connectivity index (χ0) is 20.6. The van der Waals surface area contributed by atoms with Gasteiger partial charge in [0.25, 0.3) is 11.8 Å². The average molecular weight is 400 g/mol. The van der Waals surface area contributed by atoms with E-state index >= 15 is 0 Å². The Hall–Kier alpha value is -3.20. The number of amides is 2. The molecule has 3 aromatic rings. The van der Waals surface area contributed by atoms with Crippen molar-refractivity contribution in [2.24, 2.45) is 5.73 Å². The number of fused-ring (bicyclic) bond motifs is 1. The number of aryl methyl sites for hydroxylation is 2. The summed E-state index contributed by atoms with van der Waals surface area (Å²) >= 11 is 0.951. The van der Waals surface area contributed by atoms with Gasteiger partial charge < -0.3 is 15.8 Å². The van der Waals surface area contributed by atoms with Gasteiger partial charge in [-0.15, -0.1) is 11.3 Å². The highest BCUT2D eigenvalue weighted by atomic mass is 32.1. The second-order valence-electron chi connectivity index (χ2n) is 6.23. The number of nitrogens with zero attached hydrogens (tertiary/aromatic N) is 2. The van der Waals surface area contributed by atoms with Gasteiger partial charge in [0.1, 0.15) is 16.3 Å². The Bertz CT molecular complexity index is 1110. The maximum Gasteiger partial charge on any atom is 0.341 e. The lowest BCUT2D eigenvalue weighted by Gasteiger charge is -2.08. The van der Waals surface area contributed by atoms with Crippen LogP contribution in [0.3, 0.4) is 0 Å². The van der Waals surface area contributed by atoms with E-state index in [9.17, 15) is 14.4 Å². The molecule has 3 heterocycles. The number of anilines is 1. The zero-order valence-corrected chi connectivity index (χ0v) is 16.8. The molecule has 0 aromatic carbocycles. The summed E-state index contributed by atoms with van der Waals surface area (Å²) in [6.45, 7) is 7.09. The molecule has 0 spiro atoms. The van der Waals surface area contributed by atoms with Crippen molar-refractivity contribution in [3.05, 3.63) is 51.3 Å². The first-order chi connectivity index (χ1) is 13.3. The molecule has 0 fully saturated rings. The summed E-state index contributed by atoms with van der Waals surface area (Å²) in [5.74, 6) is -1.74. The third-order valence-electron chi connectivity index (χ3n) is 4.31. The number of carbonyl (C=O) groups excluding carboxylic acids is 3. The quantitative estimate of drug-likeness (QED) is 0.639. The molecule has 0 saturated heterocycles. The lowest BCUT2D eigenvalue weighted by Crippen LogP contribution is -2.17. The molecule has 3 rings (SSSR count). The monoisotopic (exact) mass is 400 g/mol. The number of thiophene rings is 1. The predicted molar refractivity (Wildman–Crippen MR) is 106 cm³/mol. The topological polar surface area (TPSA) is 116 Å². The minimum Gasteiger partial charge on any atom is -0.462 e. The van der Waals surface area contributed by atoms with Crippen LogP contribution in [0.25, 0.3) is 5.65 Å². The number of pyridine rings is 1. The normalized spacial score (nSPS) is 10.9. The van der Waals surface area contributed by atoms with Crippen molar-refractivity contribution in [2.45, 2.75) is 27.7 Å². The van der Waals surface area contributed by atoms with E-state index in [0.717, 1.165) is 16.9 Å². The first-order valence-electron chi connectivity index (χ1n) is 8.62. The number of esters is 1. The molecule has 0 aliphatic rings. The van der Waals surface area contributed by atoms with Gasteiger partial charge in [-0.3, -0.25) is 14.0 Å². The standard InChI is InChI=1S/C19H20N4O4S/c1-5-27-19(26)12-10(3)14(15(20)24)28-18(12)22-17(25)13-11(4)21-16-9(2)7-6-8-23(13)16/h6-8H,5H2,1-4H3,(H2,20,24)(H,22,25). The SMILES string of the molecule is CCOC(=O)c1c(NC(=O)c2c(C)nc3c(C)cccn23)sc(C(N)=O)c1C. The summed E-state index contributed by atoms with van der Waals surface area (Å²) in [5.41, 5.74) is 8.43. The van der Waals surface area contributed by atoms with Gasteiger partial charge in [0.15, 0.2) is 0 Å². The molecular formula is C19H20N4O4S. The first-order valence-corrected chi connectivity index (χ1v) is 9.43. The lowest BCUT2D eigenvalue weighted by molar-refractivity contribution is 0.0527. The lowest BCUT2D eigenvalue weighted by atomic mass is 10.1. The molecule has 2 amide bonds. The molecule has 0 aliphatic heterocycles. The van der Waals surface area contributed by atoms with Crippen molar-refractivity contribution in [3.63, 3.8) is 0 Å². The Morgan fingerprint density at radius 3 is 2.64 bits per heavy atom. The van der Waals surface area contributed by atoms with Gasteiger partial charge in [-0.05, 0) is 44.9 Å². The fourth-order valence-corrected chi connectivity index (χ4v) is 4.08. The Morgan fingerprint density at radius 1 is 1.29 bits per heavy atom. The van der Waals surface area contributed by atoms with Crippen molar-refractivity contribution in [3.8, 4) is 0 Å². The molecule has 0 radical (unpaired) electrons. The maximum atomic E-state index is 13.0. The zero-order valence-electron chi connectivity index (χ0n) is 16.0. The number of nitrogens with two attached hydrogens (primary N) is 1. The van der Waals surface area contributed by atoms with Crippen molar-refractivity contribution >= 4 is 39.8 Å². The van der Waals surface area contributed by atoms with E-state index in [1.807, 2.05) is 19.1 Å². The number of aromatic nitrogens is 2. The van der Waals surface area contributed by atoms with Crippen LogP contribution in [0.4, 0.5) is 5.00 Å². The number of carbonyl (C=O) groups is 3. The number of primary amides is 1. The Balaban J connectivity index is 2.07. The second kappa shape index (κ2) is 7.43. The number of nitrogens with one attached hydrogen (secondary N) is 1. The molecule has 0 atom stereocenters. The molecule has 0 unspecified atom stereocenters. The van der Waals surface area contributed by atoms with Crippen LogP contribution in [0, 0.1) is 20.8 Å². The van der Waals surface area contributed by atoms with Gasteiger partial charge in [0.2, 0.25) is 0 Å². The second-order valence-corrected chi connectivity index (χ2v) is 7.25. The molecule has 3 aromatic heterocycles. The van der Waals surface area contributed by atoms with Crippen LogP contribution in [0.1, 0.15) is 54.3 Å². The number of hydrogen-bond acceptors (Lipinski definition) is 6. The highest BCUT2D eigenvalue weighted by molar-refractivity contribution is 7.18. The summed E-state index contributed by atoms with van der Waals surface area (Å²) in [6, 6.07) is 3.73. The number of imidazole rings is 1. The largest absolute Gasteiger partial charge is 0.462 e. The minimum atomic E-state index is -0.671. The van der Waals surface area contributed by atoms with Crippen LogP contribution in [-0.4, -0.2) is 33.8 Å². The van der Waals surface area contributed by atoms with E-state index in [-0.39, 0.29) is 22.0 Å². The van der Waals surface area contributed by atoms with Gasteiger partial charge in [-0.2, -0.15) is 0 Å². The van der Waals surface area contributed by atoms with Gasteiger partial charge in [-0.1, -0.05) is 6.07 Å². The van der Waals surface area contributed by atoms with Crippen LogP contribution in [0.2, 0.25) is 0 Å². The summed E-state index contributed by atoms with van der Waals surface area (Å²) in [6.07, 6.45) is 1.75. The Labute approximate surface area is 165 Å². The van der Waals surface area contributed by atoms with Crippen molar-refractivity contribution in [1.82, 2.24) is 9.38 Å². The summed E-state index contributed by atoms with van der Waals surface area (Å²) in [5, 5.41) is 2.95. The van der Waals surface area contributed by atoms with E-state index in [4.69, 9.17) is 10.5 Å². The van der Waals surface area contributed by atoms with Crippen LogP contribution in [0.5, 0.6) is 0 Å². The fourth-order valence-electron chi connectivity index (χ4n) is 3.04. The number of rotatable bonds is 5. The van der Waals surface area contributed by atoms with E-state index < -0.39 is 17.8 Å². The Kier molecular flexibility index (Phi) is 5.19. The molecule has 3 N–H and O–H groups in total. The van der Waals surface area contributed by atoms with Gasteiger partial charge in [0, 0.05) is 6.20 Å². The molecule has 9 heteroatoms. The van der Waals surface area contributed by atoms with Gasteiger partial charge in [0.05, 0.1) is 22.7 Å². The van der Waals surface area contributed by atoms with Crippen LogP contribution in [0.15, 0.2) is 18.3 Å². The van der Waals surface area contributed by atoms with Gasteiger partial charge >= 0.3 is 5.97 Å². The summed E-state index contributed by atoms with van der Waals surface area (Å²) in [4.78, 5) is 41.7. The van der Waals surface area contributed by atoms with Gasteiger partial charge in [-0.25, -0.2) is 9.78 Å². The van der Waals surface area contributed by atoms with E-state index in [0.29, 0.717) is 22.6 Å². The van der Waals surface area contributed by atoms with E-state index in [2.05, 4.69) is 10.3 Å². The molecule has 0 bridgehead atoms. The third kappa shape index (κ3) is 3.24. The maximum absolute atomic E-state index is 13.0. The molecule has 0 saturated carbocycles. The first kappa shape index (κ1) is 19.6. The van der Waals surface area contributed by atoms with Crippen molar-refractivity contribution < 1.29 is 19.1 Å². The number of ether oxygens (including phenoxy) is 1. The minimum absolute atomic E-state index is 0.136. The molecule has 0 aliphatic carbocycles. The van der Waals surface area contributed by atoms with Crippen molar-refractivity contribution in [1.29, 1.82) is 0 Å². The van der Waals surface area contributed by atoms with E-state index in [1.54, 1.807) is 31.4 Å². The third-order valence-corrected chi connectivity index (χ3v) is 5.53. The van der Waals surface area contributed by atoms with Crippen LogP contribution < -0.4 is 11.1 Å². The highest BCUT2D eigenvalue weighted by Crippen LogP contribution is 2.34. The fraction of sp³-hybridized carbons (Fsp3) is 0.263. The molecule has 146 valence electrons.